The predicted molar refractivity (Wildman–Crippen MR) is 70.1 cm³/mol. The summed E-state index contributed by atoms with van der Waals surface area (Å²) in [4.78, 5) is 0. The van der Waals surface area contributed by atoms with E-state index in [4.69, 9.17) is 9.84 Å². The number of hydrogen-bond acceptors (Lipinski definition) is 2. The molecule has 0 aliphatic rings. The van der Waals surface area contributed by atoms with Gasteiger partial charge in [0.15, 0.2) is 0 Å². The van der Waals surface area contributed by atoms with Crippen LogP contribution in [0.4, 0.5) is 0 Å². The number of rotatable bonds is 4. The second-order valence-electron chi connectivity index (χ2n) is 4.49. The smallest absolute Gasteiger partial charge is 0.134 e. The first-order valence-electron chi connectivity index (χ1n) is 5.96. The molecule has 1 aromatic rings. The molecule has 1 aromatic carbocycles. The van der Waals surface area contributed by atoms with Gasteiger partial charge in [-0.3, -0.25) is 0 Å². The fraction of sp³-hybridized carbons (Fsp3) is 0.467. The van der Waals surface area contributed by atoms with Crippen LogP contribution in [0.5, 0.6) is 5.75 Å². The van der Waals surface area contributed by atoms with Crippen LogP contribution in [0.1, 0.15) is 31.4 Å². The standard InChI is InChI=1S/C15H20O2/c1-12(2)8-10-17-15-7-6-13(3)11-14(15)5-4-9-16/h6-7,11-12,16H,8-10H2,1-3H3. The van der Waals surface area contributed by atoms with E-state index in [1.807, 2.05) is 25.1 Å². The minimum absolute atomic E-state index is 0.126. The van der Waals surface area contributed by atoms with E-state index in [9.17, 15) is 0 Å². The van der Waals surface area contributed by atoms with Crippen molar-refractivity contribution in [2.45, 2.75) is 27.2 Å². The van der Waals surface area contributed by atoms with Crippen molar-refractivity contribution < 1.29 is 9.84 Å². The first-order valence-corrected chi connectivity index (χ1v) is 5.96. The first-order chi connectivity index (χ1) is 8.13. The molecule has 0 atom stereocenters. The van der Waals surface area contributed by atoms with E-state index in [-0.39, 0.29) is 6.61 Å². The van der Waals surface area contributed by atoms with E-state index in [1.165, 1.54) is 0 Å². The third-order valence-corrected chi connectivity index (χ3v) is 2.39. The molecule has 0 radical (unpaired) electrons. The summed E-state index contributed by atoms with van der Waals surface area (Å²) in [7, 11) is 0. The molecule has 2 heteroatoms. The molecule has 0 aliphatic heterocycles. The Morgan fingerprint density at radius 1 is 1.35 bits per heavy atom. The number of aryl methyl sites for hydroxylation is 1. The zero-order valence-corrected chi connectivity index (χ0v) is 10.8. The Hall–Kier alpha value is -1.46. The molecule has 0 bridgehead atoms. The van der Waals surface area contributed by atoms with E-state index in [0.717, 1.165) is 23.3 Å². The van der Waals surface area contributed by atoms with E-state index in [0.29, 0.717) is 12.5 Å². The highest BCUT2D eigenvalue weighted by molar-refractivity contribution is 5.48. The van der Waals surface area contributed by atoms with E-state index < -0.39 is 0 Å². The Morgan fingerprint density at radius 3 is 2.76 bits per heavy atom. The van der Waals surface area contributed by atoms with Gasteiger partial charge in [0.25, 0.3) is 0 Å². The van der Waals surface area contributed by atoms with E-state index in [1.54, 1.807) is 0 Å². The zero-order chi connectivity index (χ0) is 12.7. The summed E-state index contributed by atoms with van der Waals surface area (Å²) in [6.45, 7) is 6.94. The quantitative estimate of drug-likeness (QED) is 0.809. The molecule has 0 unspecified atom stereocenters. The second-order valence-corrected chi connectivity index (χ2v) is 4.49. The van der Waals surface area contributed by atoms with Gasteiger partial charge < -0.3 is 9.84 Å². The van der Waals surface area contributed by atoms with Crippen LogP contribution in [0.25, 0.3) is 0 Å². The van der Waals surface area contributed by atoms with Gasteiger partial charge in [-0.2, -0.15) is 0 Å². The van der Waals surface area contributed by atoms with E-state index >= 15 is 0 Å². The topological polar surface area (TPSA) is 29.5 Å². The molecule has 0 saturated heterocycles. The molecular formula is C15H20O2. The minimum atomic E-state index is -0.126. The summed E-state index contributed by atoms with van der Waals surface area (Å²) in [5.74, 6) is 7.01. The number of benzene rings is 1. The predicted octanol–water partition coefficient (Wildman–Crippen LogP) is 2.76. The summed E-state index contributed by atoms with van der Waals surface area (Å²) in [6.07, 6.45) is 1.03. The van der Waals surface area contributed by atoms with Gasteiger partial charge in [0.1, 0.15) is 12.4 Å². The highest BCUT2D eigenvalue weighted by atomic mass is 16.5. The number of aliphatic hydroxyl groups excluding tert-OH is 1. The third kappa shape index (κ3) is 4.93. The zero-order valence-electron chi connectivity index (χ0n) is 10.8. The molecule has 1 rings (SSSR count). The average Bonchev–Trinajstić information content (AvgIpc) is 2.28. The summed E-state index contributed by atoms with van der Waals surface area (Å²) >= 11 is 0. The third-order valence-electron chi connectivity index (χ3n) is 2.39. The average molecular weight is 232 g/mol. The van der Waals surface area contributed by atoms with Gasteiger partial charge >= 0.3 is 0 Å². The summed E-state index contributed by atoms with van der Waals surface area (Å²) in [5, 5.41) is 8.72. The molecule has 0 aromatic heterocycles. The van der Waals surface area contributed by atoms with Gasteiger partial charge in [-0.1, -0.05) is 31.8 Å². The number of ether oxygens (including phenoxy) is 1. The lowest BCUT2D eigenvalue weighted by Crippen LogP contribution is -2.02. The van der Waals surface area contributed by atoms with Crippen molar-refractivity contribution in [2.75, 3.05) is 13.2 Å². The van der Waals surface area contributed by atoms with Crippen molar-refractivity contribution >= 4 is 0 Å². The highest BCUT2D eigenvalue weighted by Crippen LogP contribution is 2.19. The molecule has 17 heavy (non-hydrogen) atoms. The SMILES string of the molecule is Cc1ccc(OCCC(C)C)c(C#CCO)c1. The van der Waals surface area contributed by atoms with Gasteiger partial charge in [0.05, 0.1) is 12.2 Å². The molecule has 92 valence electrons. The van der Waals surface area contributed by atoms with Gasteiger partial charge in [-0.05, 0) is 37.0 Å². The number of aliphatic hydroxyl groups is 1. The summed E-state index contributed by atoms with van der Waals surface area (Å²) in [6, 6.07) is 5.93. The molecular weight excluding hydrogens is 212 g/mol. The van der Waals surface area contributed by atoms with Crippen molar-refractivity contribution in [1.29, 1.82) is 0 Å². The van der Waals surface area contributed by atoms with Crippen LogP contribution in [0.3, 0.4) is 0 Å². The Bertz CT molecular complexity index is 411. The van der Waals surface area contributed by atoms with Gasteiger partial charge in [0.2, 0.25) is 0 Å². The molecule has 2 nitrogen and oxygen atoms in total. The maximum atomic E-state index is 8.72. The Labute approximate surface area is 104 Å². The fourth-order valence-corrected chi connectivity index (χ4v) is 1.41. The lowest BCUT2D eigenvalue weighted by Gasteiger charge is -2.10. The fourth-order valence-electron chi connectivity index (χ4n) is 1.41. The van der Waals surface area contributed by atoms with Crippen molar-refractivity contribution in [3.63, 3.8) is 0 Å². The van der Waals surface area contributed by atoms with Crippen molar-refractivity contribution in [1.82, 2.24) is 0 Å². The Kier molecular flexibility index (Phi) is 5.59. The second kappa shape index (κ2) is 6.98. The molecule has 0 aliphatic carbocycles. The molecule has 1 N–H and O–H groups in total. The molecule has 0 saturated carbocycles. The summed E-state index contributed by atoms with van der Waals surface area (Å²) < 4.78 is 5.72. The lowest BCUT2D eigenvalue weighted by molar-refractivity contribution is 0.289. The number of hydrogen-bond donors (Lipinski definition) is 1. The summed E-state index contributed by atoms with van der Waals surface area (Å²) in [5.41, 5.74) is 1.99. The van der Waals surface area contributed by atoms with E-state index in [2.05, 4.69) is 25.7 Å². The Morgan fingerprint density at radius 2 is 2.12 bits per heavy atom. The molecule has 0 amide bonds. The van der Waals surface area contributed by atoms with Gasteiger partial charge in [-0.25, -0.2) is 0 Å². The van der Waals surface area contributed by atoms with Gasteiger partial charge in [0, 0.05) is 0 Å². The lowest BCUT2D eigenvalue weighted by atomic mass is 10.1. The van der Waals surface area contributed by atoms with Crippen LogP contribution in [0, 0.1) is 24.7 Å². The van der Waals surface area contributed by atoms with Crippen molar-refractivity contribution in [2.24, 2.45) is 5.92 Å². The largest absolute Gasteiger partial charge is 0.492 e. The van der Waals surface area contributed by atoms with Crippen LogP contribution in [-0.4, -0.2) is 18.3 Å². The van der Waals surface area contributed by atoms with Gasteiger partial charge in [-0.15, -0.1) is 0 Å². The van der Waals surface area contributed by atoms with Crippen molar-refractivity contribution in [3.05, 3.63) is 29.3 Å². The molecule has 0 spiro atoms. The normalized spacial score (nSPS) is 9.94. The van der Waals surface area contributed by atoms with Crippen LogP contribution in [0.15, 0.2) is 18.2 Å². The Balaban J connectivity index is 2.76. The molecule has 0 heterocycles. The molecule has 0 fully saturated rings. The highest BCUT2D eigenvalue weighted by Gasteiger charge is 2.02. The van der Waals surface area contributed by atoms with Crippen LogP contribution < -0.4 is 4.74 Å². The maximum absolute atomic E-state index is 8.72. The maximum Gasteiger partial charge on any atom is 0.134 e. The van der Waals surface area contributed by atoms with Crippen LogP contribution in [0.2, 0.25) is 0 Å². The monoisotopic (exact) mass is 232 g/mol. The minimum Gasteiger partial charge on any atom is -0.492 e. The first kappa shape index (κ1) is 13.6. The van der Waals surface area contributed by atoms with Crippen molar-refractivity contribution in [3.8, 4) is 17.6 Å². The van der Waals surface area contributed by atoms with Crippen LogP contribution in [-0.2, 0) is 0 Å². The van der Waals surface area contributed by atoms with Crippen LogP contribution >= 0.6 is 0 Å².